The van der Waals surface area contributed by atoms with Crippen LogP contribution in [0.4, 0.5) is 0 Å². The van der Waals surface area contributed by atoms with Crippen molar-refractivity contribution in [3.05, 3.63) is 0 Å². The molecule has 0 bridgehead atoms. The second-order valence-corrected chi connectivity index (χ2v) is 8.80. The number of likely N-dealkylation sites (N-methyl/N-ethyl adjacent to an activating group) is 1. The fourth-order valence-corrected chi connectivity index (χ4v) is 4.73. The lowest BCUT2D eigenvalue weighted by molar-refractivity contribution is 0.202. The molecule has 2 aliphatic heterocycles. The average molecular weight is 304 g/mol. The van der Waals surface area contributed by atoms with E-state index in [9.17, 15) is 8.42 Å². The van der Waals surface area contributed by atoms with Crippen LogP contribution in [0.2, 0.25) is 0 Å². The molecule has 0 N–H and O–H groups in total. The average Bonchev–Trinajstić information content (AvgIpc) is 2.69. The predicted octanol–water partition coefficient (Wildman–Crippen LogP) is -0.248. The van der Waals surface area contributed by atoms with E-state index in [-0.39, 0.29) is 5.41 Å². The molecular formula is C13H28N4O2S. The second-order valence-electron chi connectivity index (χ2n) is 6.76. The van der Waals surface area contributed by atoms with Crippen molar-refractivity contribution >= 4 is 10.2 Å². The fourth-order valence-electron chi connectivity index (χ4n) is 3.23. The molecular weight excluding hydrogens is 276 g/mol. The smallest absolute Gasteiger partial charge is 0.281 e. The lowest BCUT2D eigenvalue weighted by Gasteiger charge is -2.36. The van der Waals surface area contributed by atoms with Gasteiger partial charge < -0.3 is 9.80 Å². The highest BCUT2D eigenvalue weighted by atomic mass is 32.2. The normalized spacial score (nSPS) is 31.2. The highest BCUT2D eigenvalue weighted by Gasteiger charge is 2.37. The summed E-state index contributed by atoms with van der Waals surface area (Å²) < 4.78 is 28.4. The van der Waals surface area contributed by atoms with Gasteiger partial charge in [-0.1, -0.05) is 6.92 Å². The van der Waals surface area contributed by atoms with Gasteiger partial charge in [0.25, 0.3) is 10.2 Å². The molecule has 0 saturated carbocycles. The maximum atomic E-state index is 12.6. The van der Waals surface area contributed by atoms with Crippen molar-refractivity contribution in [3.8, 4) is 0 Å². The van der Waals surface area contributed by atoms with E-state index < -0.39 is 10.2 Å². The van der Waals surface area contributed by atoms with Gasteiger partial charge in [0.1, 0.15) is 0 Å². The summed E-state index contributed by atoms with van der Waals surface area (Å²) in [4.78, 5) is 4.44. The third-order valence-corrected chi connectivity index (χ3v) is 6.47. The minimum atomic E-state index is -3.31. The molecule has 2 fully saturated rings. The Balaban J connectivity index is 1.98. The van der Waals surface area contributed by atoms with E-state index in [1.165, 1.54) is 0 Å². The van der Waals surface area contributed by atoms with Crippen molar-refractivity contribution in [2.45, 2.75) is 13.3 Å². The summed E-state index contributed by atoms with van der Waals surface area (Å²) >= 11 is 0. The largest absolute Gasteiger partial charge is 0.306 e. The fraction of sp³-hybridized carbons (Fsp3) is 1.00. The van der Waals surface area contributed by atoms with Crippen LogP contribution < -0.4 is 0 Å². The van der Waals surface area contributed by atoms with Gasteiger partial charge >= 0.3 is 0 Å². The van der Waals surface area contributed by atoms with Crippen LogP contribution in [0, 0.1) is 5.41 Å². The van der Waals surface area contributed by atoms with Gasteiger partial charge in [-0.3, -0.25) is 0 Å². The number of likely N-dealkylation sites (tertiary alicyclic amines) is 1. The minimum Gasteiger partial charge on any atom is -0.306 e. The SMILES string of the molecule is CN1CCN(S(=O)(=O)N(C)CC2(C)CCN(C)C2)CC1. The third-order valence-electron chi connectivity index (χ3n) is 4.54. The van der Waals surface area contributed by atoms with Crippen molar-refractivity contribution < 1.29 is 8.42 Å². The molecule has 2 rings (SSSR count). The Labute approximate surface area is 123 Å². The predicted molar refractivity (Wildman–Crippen MR) is 80.8 cm³/mol. The van der Waals surface area contributed by atoms with Gasteiger partial charge in [0, 0.05) is 46.3 Å². The van der Waals surface area contributed by atoms with Gasteiger partial charge in [-0.2, -0.15) is 17.0 Å². The van der Waals surface area contributed by atoms with E-state index in [0.29, 0.717) is 19.6 Å². The summed E-state index contributed by atoms with van der Waals surface area (Å²) in [5.41, 5.74) is 0.0726. The topological polar surface area (TPSA) is 47.1 Å². The molecule has 0 aliphatic carbocycles. The summed E-state index contributed by atoms with van der Waals surface area (Å²) in [5.74, 6) is 0. The van der Waals surface area contributed by atoms with Gasteiger partial charge in [-0.25, -0.2) is 0 Å². The zero-order chi connectivity index (χ0) is 15.0. The molecule has 2 aliphatic rings. The number of piperazine rings is 1. The molecule has 2 heterocycles. The number of hydrogen-bond acceptors (Lipinski definition) is 4. The number of hydrogen-bond donors (Lipinski definition) is 0. The van der Waals surface area contributed by atoms with Gasteiger partial charge in [0.2, 0.25) is 0 Å². The number of rotatable bonds is 4. The molecule has 20 heavy (non-hydrogen) atoms. The lowest BCUT2D eigenvalue weighted by Crippen LogP contribution is -2.52. The van der Waals surface area contributed by atoms with Crippen molar-refractivity contribution in [3.63, 3.8) is 0 Å². The number of nitrogens with zero attached hydrogens (tertiary/aromatic N) is 4. The first-order chi connectivity index (χ1) is 9.23. The summed E-state index contributed by atoms with van der Waals surface area (Å²) in [6.45, 7) is 7.63. The summed E-state index contributed by atoms with van der Waals surface area (Å²) in [5, 5.41) is 0. The Morgan fingerprint density at radius 2 is 1.65 bits per heavy atom. The van der Waals surface area contributed by atoms with Gasteiger partial charge in [0.05, 0.1) is 0 Å². The van der Waals surface area contributed by atoms with E-state index in [1.54, 1.807) is 15.7 Å². The molecule has 0 amide bonds. The van der Waals surface area contributed by atoms with Gasteiger partial charge in [-0.05, 0) is 32.5 Å². The third kappa shape index (κ3) is 3.51. The molecule has 0 aromatic rings. The first-order valence-electron chi connectivity index (χ1n) is 7.31. The van der Waals surface area contributed by atoms with Crippen LogP contribution in [0.25, 0.3) is 0 Å². The van der Waals surface area contributed by atoms with Crippen LogP contribution in [0.15, 0.2) is 0 Å². The molecule has 2 saturated heterocycles. The van der Waals surface area contributed by atoms with E-state index >= 15 is 0 Å². The Kier molecular flexibility index (Phi) is 4.76. The Morgan fingerprint density at radius 3 is 2.15 bits per heavy atom. The van der Waals surface area contributed by atoms with E-state index in [1.807, 2.05) is 7.05 Å². The summed E-state index contributed by atoms with van der Waals surface area (Å²) in [6, 6.07) is 0. The highest BCUT2D eigenvalue weighted by Crippen LogP contribution is 2.30. The second kappa shape index (κ2) is 5.88. The van der Waals surface area contributed by atoms with Crippen LogP contribution in [0.1, 0.15) is 13.3 Å². The van der Waals surface area contributed by atoms with Crippen LogP contribution in [-0.4, -0.2) is 93.8 Å². The molecule has 118 valence electrons. The maximum Gasteiger partial charge on any atom is 0.281 e. The van der Waals surface area contributed by atoms with Crippen LogP contribution in [0.3, 0.4) is 0 Å². The molecule has 1 unspecified atom stereocenters. The van der Waals surface area contributed by atoms with Crippen molar-refractivity contribution in [2.75, 3.05) is 67.0 Å². The highest BCUT2D eigenvalue weighted by molar-refractivity contribution is 7.86. The molecule has 0 aromatic carbocycles. The zero-order valence-electron chi connectivity index (χ0n) is 13.2. The van der Waals surface area contributed by atoms with Crippen LogP contribution >= 0.6 is 0 Å². The van der Waals surface area contributed by atoms with Crippen LogP contribution in [-0.2, 0) is 10.2 Å². The summed E-state index contributed by atoms with van der Waals surface area (Å²) in [7, 11) is 2.54. The minimum absolute atomic E-state index is 0.0726. The molecule has 0 spiro atoms. The van der Waals surface area contributed by atoms with E-state index in [2.05, 4.69) is 23.8 Å². The molecule has 0 radical (unpaired) electrons. The van der Waals surface area contributed by atoms with Crippen molar-refractivity contribution in [1.82, 2.24) is 18.4 Å². The Bertz CT molecular complexity index is 434. The van der Waals surface area contributed by atoms with Crippen molar-refractivity contribution in [2.24, 2.45) is 5.41 Å². The Morgan fingerprint density at radius 1 is 1.05 bits per heavy atom. The lowest BCUT2D eigenvalue weighted by atomic mass is 9.90. The first-order valence-corrected chi connectivity index (χ1v) is 8.71. The van der Waals surface area contributed by atoms with Crippen LogP contribution in [0.5, 0.6) is 0 Å². The monoisotopic (exact) mass is 304 g/mol. The molecule has 1 atom stereocenters. The quantitative estimate of drug-likeness (QED) is 0.719. The van der Waals surface area contributed by atoms with Gasteiger partial charge in [-0.15, -0.1) is 0 Å². The van der Waals surface area contributed by atoms with Gasteiger partial charge in [0.15, 0.2) is 0 Å². The van der Waals surface area contributed by atoms with E-state index in [4.69, 9.17) is 0 Å². The molecule has 7 heteroatoms. The zero-order valence-corrected chi connectivity index (χ0v) is 14.0. The molecule has 0 aromatic heterocycles. The first kappa shape index (κ1) is 16.2. The maximum absolute atomic E-state index is 12.6. The molecule has 6 nitrogen and oxygen atoms in total. The van der Waals surface area contributed by atoms with E-state index in [0.717, 1.165) is 32.6 Å². The van der Waals surface area contributed by atoms with Crippen molar-refractivity contribution in [1.29, 1.82) is 0 Å². The summed E-state index contributed by atoms with van der Waals surface area (Å²) in [6.07, 6.45) is 1.06. The standard InChI is InChI=1S/C13H28N4O2S/c1-13(5-6-15(3)11-13)12-16(4)20(18,19)17-9-7-14(2)8-10-17/h5-12H2,1-4H3. The Hall–Kier alpha value is -0.210.